The average molecular weight is 416 g/mol. The molecule has 0 spiro atoms. The van der Waals surface area contributed by atoms with Gasteiger partial charge >= 0.3 is 0 Å². The molecule has 2 aromatic carbocycles. The first kappa shape index (κ1) is 21.7. The third-order valence-electron chi connectivity index (χ3n) is 5.61. The van der Waals surface area contributed by atoms with Gasteiger partial charge in [0.05, 0.1) is 4.90 Å². The van der Waals surface area contributed by atoms with Crippen LogP contribution < -0.4 is 4.72 Å². The third kappa shape index (κ3) is 4.61. The van der Waals surface area contributed by atoms with Crippen molar-refractivity contribution in [3.63, 3.8) is 0 Å². The fourth-order valence-corrected chi connectivity index (χ4v) is 5.02. The second kappa shape index (κ2) is 7.35. The van der Waals surface area contributed by atoms with Gasteiger partial charge in [0, 0.05) is 16.8 Å². The second-order valence-corrected chi connectivity index (χ2v) is 11.8. The van der Waals surface area contributed by atoms with Gasteiger partial charge in [-0.3, -0.25) is 4.72 Å². The van der Waals surface area contributed by atoms with Crippen LogP contribution in [0.15, 0.2) is 35.2 Å². The molecule has 158 valence electrons. The summed E-state index contributed by atoms with van der Waals surface area (Å²) in [5.74, 6) is 0.238. The largest absolute Gasteiger partial charge is 0.507 e. The summed E-state index contributed by atoms with van der Waals surface area (Å²) in [4.78, 5) is 0.292. The van der Waals surface area contributed by atoms with Crippen LogP contribution in [0.3, 0.4) is 0 Å². The molecule has 0 aliphatic heterocycles. The quantitative estimate of drug-likeness (QED) is 0.635. The molecule has 4 nitrogen and oxygen atoms in total. The van der Waals surface area contributed by atoms with Crippen LogP contribution in [0.25, 0.3) is 0 Å². The number of fused-ring (bicyclic) bond motifs is 1. The molecule has 29 heavy (non-hydrogen) atoms. The van der Waals surface area contributed by atoms with Crippen LogP contribution in [-0.4, -0.2) is 13.5 Å². The highest BCUT2D eigenvalue weighted by molar-refractivity contribution is 7.92. The Kier molecular flexibility index (Phi) is 5.50. The molecule has 0 fully saturated rings. The van der Waals surface area contributed by atoms with E-state index in [2.05, 4.69) is 4.72 Å². The van der Waals surface area contributed by atoms with Crippen molar-refractivity contribution in [1.82, 2.24) is 0 Å². The number of hydrogen-bond acceptors (Lipinski definition) is 3. The zero-order chi connectivity index (χ0) is 21.6. The van der Waals surface area contributed by atoms with Crippen LogP contribution in [0.5, 0.6) is 5.75 Å². The Morgan fingerprint density at radius 2 is 1.34 bits per heavy atom. The molecule has 5 heteroatoms. The van der Waals surface area contributed by atoms with E-state index in [1.165, 1.54) is 5.56 Å². The Balaban J connectivity index is 2.05. The van der Waals surface area contributed by atoms with E-state index in [9.17, 15) is 13.5 Å². The molecule has 0 amide bonds. The molecule has 0 saturated carbocycles. The number of phenolic OH excluding ortho intramolecular Hbond substituents is 1. The fourth-order valence-electron chi connectivity index (χ4n) is 3.93. The first-order valence-electron chi connectivity index (χ1n) is 10.3. The van der Waals surface area contributed by atoms with Crippen molar-refractivity contribution in [3.8, 4) is 5.75 Å². The lowest BCUT2D eigenvalue weighted by Crippen LogP contribution is -2.20. The molecule has 1 aliphatic rings. The summed E-state index contributed by atoms with van der Waals surface area (Å²) in [6, 6.07) is 8.96. The molecule has 2 N–H and O–H groups in total. The van der Waals surface area contributed by atoms with Crippen LogP contribution in [0, 0.1) is 0 Å². The first-order valence-corrected chi connectivity index (χ1v) is 11.8. The summed E-state index contributed by atoms with van der Waals surface area (Å²) in [6.45, 7) is 12.1. The first-order chi connectivity index (χ1) is 13.3. The maximum Gasteiger partial charge on any atom is 0.261 e. The predicted octanol–water partition coefficient (Wildman–Crippen LogP) is 5.67. The minimum Gasteiger partial charge on any atom is -0.507 e. The van der Waals surface area contributed by atoms with E-state index >= 15 is 0 Å². The van der Waals surface area contributed by atoms with Crippen LogP contribution in [0.4, 0.5) is 5.69 Å². The zero-order valence-electron chi connectivity index (χ0n) is 18.4. The lowest BCUT2D eigenvalue weighted by molar-refractivity contribution is 0.423. The molecule has 0 atom stereocenters. The summed E-state index contributed by atoms with van der Waals surface area (Å²) in [5, 5.41) is 10.9. The third-order valence-corrected chi connectivity index (χ3v) is 6.99. The van der Waals surface area contributed by atoms with Gasteiger partial charge in [0.2, 0.25) is 0 Å². The summed E-state index contributed by atoms with van der Waals surface area (Å²) < 4.78 is 29.0. The Morgan fingerprint density at radius 3 is 1.86 bits per heavy atom. The molecule has 0 unspecified atom stereocenters. The van der Waals surface area contributed by atoms with Crippen LogP contribution in [0.1, 0.15) is 76.6 Å². The van der Waals surface area contributed by atoms with Crippen LogP contribution in [-0.2, 0) is 33.7 Å². The monoisotopic (exact) mass is 415 g/mol. The standard InChI is InChI=1S/C24H33NO3S/c1-23(2,3)20-14-18(15-21(22(20)26)24(4,5)6)25-29(27,28)19-12-11-16-9-7-8-10-17(16)13-19/h11-15,25-26H,7-10H2,1-6H3. The SMILES string of the molecule is CC(C)(C)c1cc(NS(=O)(=O)c2ccc3c(c2)CCCC3)cc(C(C)(C)C)c1O. The molecule has 0 saturated heterocycles. The topological polar surface area (TPSA) is 66.4 Å². The minimum absolute atomic E-state index is 0.238. The Bertz CT molecular complexity index is 990. The molecular weight excluding hydrogens is 382 g/mol. The van der Waals surface area contributed by atoms with E-state index in [0.717, 1.165) is 42.4 Å². The molecular formula is C24H33NO3S. The van der Waals surface area contributed by atoms with Crippen molar-refractivity contribution in [2.75, 3.05) is 4.72 Å². The molecule has 2 aromatic rings. The highest BCUT2D eigenvalue weighted by Gasteiger charge is 2.28. The number of anilines is 1. The van der Waals surface area contributed by atoms with Crippen LogP contribution in [0.2, 0.25) is 0 Å². The number of aryl methyl sites for hydroxylation is 2. The normalized spacial score (nSPS) is 15.1. The van der Waals surface area contributed by atoms with E-state index in [4.69, 9.17) is 0 Å². The van der Waals surface area contributed by atoms with E-state index < -0.39 is 10.0 Å². The number of rotatable bonds is 3. The number of benzene rings is 2. The smallest absolute Gasteiger partial charge is 0.261 e. The lowest BCUT2D eigenvalue weighted by atomic mass is 9.79. The van der Waals surface area contributed by atoms with Gasteiger partial charge in [0.25, 0.3) is 10.0 Å². The van der Waals surface area contributed by atoms with Gasteiger partial charge in [-0.25, -0.2) is 8.42 Å². The zero-order valence-corrected chi connectivity index (χ0v) is 19.2. The van der Waals surface area contributed by atoms with Crippen molar-refractivity contribution >= 4 is 15.7 Å². The van der Waals surface area contributed by atoms with Gasteiger partial charge in [0.1, 0.15) is 5.75 Å². The van der Waals surface area contributed by atoms with Crippen molar-refractivity contribution in [2.45, 2.75) is 83.0 Å². The Labute approximate surface area is 175 Å². The minimum atomic E-state index is -3.72. The Morgan fingerprint density at radius 1 is 0.828 bits per heavy atom. The number of aromatic hydroxyl groups is 1. The average Bonchev–Trinajstić information content (AvgIpc) is 2.60. The Hall–Kier alpha value is -2.01. The van der Waals surface area contributed by atoms with Crippen LogP contribution >= 0.6 is 0 Å². The van der Waals surface area contributed by atoms with E-state index in [1.54, 1.807) is 18.2 Å². The summed E-state index contributed by atoms with van der Waals surface area (Å²) in [7, 11) is -3.72. The van der Waals surface area contributed by atoms with Gasteiger partial charge in [-0.05, 0) is 71.9 Å². The molecule has 0 radical (unpaired) electrons. The fraction of sp³-hybridized carbons (Fsp3) is 0.500. The van der Waals surface area contributed by atoms with E-state index in [1.807, 2.05) is 53.7 Å². The highest BCUT2D eigenvalue weighted by atomic mass is 32.2. The number of phenols is 1. The summed E-state index contributed by atoms with van der Waals surface area (Å²) >= 11 is 0. The molecule has 0 heterocycles. The number of nitrogens with one attached hydrogen (secondary N) is 1. The van der Waals surface area contributed by atoms with Crippen molar-refractivity contribution in [2.24, 2.45) is 0 Å². The predicted molar refractivity (Wildman–Crippen MR) is 119 cm³/mol. The lowest BCUT2D eigenvalue weighted by Gasteiger charge is -2.28. The molecule has 3 rings (SSSR count). The molecule has 0 bridgehead atoms. The summed E-state index contributed by atoms with van der Waals surface area (Å²) in [5.41, 5.74) is 3.69. The van der Waals surface area contributed by atoms with Crippen molar-refractivity contribution < 1.29 is 13.5 Å². The van der Waals surface area contributed by atoms with E-state index in [-0.39, 0.29) is 16.6 Å². The van der Waals surface area contributed by atoms with E-state index in [0.29, 0.717) is 10.6 Å². The second-order valence-electron chi connectivity index (χ2n) is 10.2. The highest BCUT2D eigenvalue weighted by Crippen LogP contribution is 2.41. The number of hydrogen-bond donors (Lipinski definition) is 2. The van der Waals surface area contributed by atoms with Gasteiger partial charge < -0.3 is 5.11 Å². The van der Waals surface area contributed by atoms with Crippen molar-refractivity contribution in [1.29, 1.82) is 0 Å². The summed E-state index contributed by atoms with van der Waals surface area (Å²) in [6.07, 6.45) is 4.22. The maximum atomic E-state index is 13.1. The van der Waals surface area contributed by atoms with Gasteiger partial charge in [0.15, 0.2) is 0 Å². The van der Waals surface area contributed by atoms with Gasteiger partial charge in [-0.15, -0.1) is 0 Å². The number of sulfonamides is 1. The van der Waals surface area contributed by atoms with Crippen molar-refractivity contribution in [3.05, 3.63) is 52.6 Å². The van der Waals surface area contributed by atoms with Gasteiger partial charge in [-0.1, -0.05) is 47.6 Å². The van der Waals surface area contributed by atoms with Gasteiger partial charge in [-0.2, -0.15) is 0 Å². The molecule has 0 aromatic heterocycles. The molecule has 1 aliphatic carbocycles. The maximum absolute atomic E-state index is 13.1.